The van der Waals surface area contributed by atoms with E-state index in [4.69, 9.17) is 9.98 Å². The summed E-state index contributed by atoms with van der Waals surface area (Å²) in [5, 5.41) is 6.07. The lowest BCUT2D eigenvalue weighted by Gasteiger charge is -2.29. The zero-order valence-electron chi connectivity index (χ0n) is 22.6. The van der Waals surface area contributed by atoms with Gasteiger partial charge in [0.15, 0.2) is 5.17 Å². The van der Waals surface area contributed by atoms with E-state index < -0.39 is 11.3 Å². The number of halogens is 1. The fourth-order valence-corrected chi connectivity index (χ4v) is 6.25. The predicted molar refractivity (Wildman–Crippen MR) is 155 cm³/mol. The molecule has 10 heteroatoms. The molecule has 5 rings (SSSR count). The second-order valence-corrected chi connectivity index (χ2v) is 11.5. The molecule has 0 radical (unpaired) electrons. The fourth-order valence-electron chi connectivity index (χ4n) is 5.22. The normalized spacial score (nSPS) is 19.3. The minimum Gasteiger partial charge on any atom is -0.352 e. The number of thioether (sulfide) groups is 1. The first kappa shape index (κ1) is 28.0. The van der Waals surface area contributed by atoms with Gasteiger partial charge in [0.25, 0.3) is 5.91 Å². The van der Waals surface area contributed by atoms with Crippen LogP contribution in [0.15, 0.2) is 58.5 Å². The minimum absolute atomic E-state index is 0.0273. The van der Waals surface area contributed by atoms with E-state index in [-0.39, 0.29) is 49.0 Å². The molecule has 210 valence electrons. The van der Waals surface area contributed by atoms with Gasteiger partial charge in [0.1, 0.15) is 17.7 Å². The van der Waals surface area contributed by atoms with Crippen molar-refractivity contribution in [2.45, 2.75) is 82.2 Å². The molecule has 1 saturated carbocycles. The summed E-state index contributed by atoms with van der Waals surface area (Å²) in [6, 6.07) is 12.9. The molecule has 2 unspecified atom stereocenters. The largest absolute Gasteiger partial charge is 0.352 e. The maximum Gasteiger partial charge on any atom is 0.259 e. The molecule has 1 fully saturated rings. The Labute approximate surface area is 237 Å². The molecule has 2 aromatic rings. The van der Waals surface area contributed by atoms with Crippen molar-refractivity contribution in [3.8, 4) is 0 Å². The van der Waals surface area contributed by atoms with Crippen LogP contribution in [0, 0.1) is 5.82 Å². The molecule has 8 nitrogen and oxygen atoms in total. The van der Waals surface area contributed by atoms with Gasteiger partial charge in [-0.15, -0.1) is 0 Å². The predicted octanol–water partition coefficient (Wildman–Crippen LogP) is 4.84. The highest BCUT2D eigenvalue weighted by Gasteiger charge is 2.42. The summed E-state index contributed by atoms with van der Waals surface area (Å²) < 4.78 is 13.1. The second kappa shape index (κ2) is 12.8. The van der Waals surface area contributed by atoms with Gasteiger partial charge < -0.3 is 10.6 Å². The van der Waals surface area contributed by atoms with Crippen LogP contribution in [0.2, 0.25) is 0 Å². The molecular weight excluding hydrogens is 529 g/mol. The number of nitrogens with zero attached hydrogens (tertiary/aromatic N) is 3. The van der Waals surface area contributed by atoms with Crippen molar-refractivity contribution in [1.29, 1.82) is 0 Å². The van der Waals surface area contributed by atoms with Gasteiger partial charge in [0.2, 0.25) is 11.8 Å². The zero-order valence-corrected chi connectivity index (χ0v) is 23.4. The van der Waals surface area contributed by atoms with Crippen LogP contribution in [-0.2, 0) is 20.9 Å². The van der Waals surface area contributed by atoms with Crippen molar-refractivity contribution in [2.75, 3.05) is 0 Å². The Kier molecular flexibility index (Phi) is 8.94. The summed E-state index contributed by atoms with van der Waals surface area (Å²) in [6.45, 7) is 2.24. The van der Waals surface area contributed by atoms with E-state index >= 15 is 0 Å². The Bertz CT molecular complexity index is 1320. The van der Waals surface area contributed by atoms with Gasteiger partial charge in [-0.25, -0.2) is 14.3 Å². The molecule has 2 atom stereocenters. The van der Waals surface area contributed by atoms with Gasteiger partial charge in [-0.2, -0.15) is 0 Å². The van der Waals surface area contributed by atoms with Crippen molar-refractivity contribution >= 4 is 46.2 Å². The summed E-state index contributed by atoms with van der Waals surface area (Å²) >= 11 is 1.30. The quantitative estimate of drug-likeness (QED) is 0.456. The summed E-state index contributed by atoms with van der Waals surface area (Å²) in [5.74, 6) is -0.304. The third-order valence-electron chi connectivity index (χ3n) is 7.46. The maximum atomic E-state index is 13.6. The van der Waals surface area contributed by atoms with Gasteiger partial charge in [-0.05, 0) is 55.5 Å². The molecular formula is C30H34FN5O3S. The van der Waals surface area contributed by atoms with Crippen molar-refractivity contribution in [1.82, 2.24) is 15.5 Å². The van der Waals surface area contributed by atoms with Crippen LogP contribution in [0.1, 0.15) is 69.4 Å². The van der Waals surface area contributed by atoms with Crippen molar-refractivity contribution in [3.63, 3.8) is 0 Å². The van der Waals surface area contributed by atoms with Crippen LogP contribution in [0.5, 0.6) is 0 Å². The van der Waals surface area contributed by atoms with Crippen LogP contribution in [0.25, 0.3) is 0 Å². The van der Waals surface area contributed by atoms with E-state index in [1.165, 1.54) is 35.2 Å². The van der Waals surface area contributed by atoms with Crippen LogP contribution in [0.4, 0.5) is 10.1 Å². The second-order valence-electron chi connectivity index (χ2n) is 10.4. The third-order valence-corrected chi connectivity index (χ3v) is 8.77. The number of para-hydroxylation sites is 1. The Morgan fingerprint density at radius 1 is 1.10 bits per heavy atom. The molecule has 0 spiro atoms. The molecule has 3 amide bonds. The highest BCUT2D eigenvalue weighted by Crippen LogP contribution is 2.36. The first-order chi connectivity index (χ1) is 19.4. The van der Waals surface area contributed by atoms with E-state index in [1.54, 1.807) is 12.1 Å². The van der Waals surface area contributed by atoms with E-state index in [1.807, 2.05) is 31.2 Å². The number of benzene rings is 2. The minimum atomic E-state index is -0.723. The number of carbonyl (C=O) groups is 3. The van der Waals surface area contributed by atoms with Gasteiger partial charge in [0.05, 0.1) is 10.9 Å². The highest BCUT2D eigenvalue weighted by atomic mass is 32.2. The zero-order chi connectivity index (χ0) is 28.1. The monoisotopic (exact) mass is 563 g/mol. The van der Waals surface area contributed by atoms with Crippen molar-refractivity contribution < 1.29 is 18.8 Å². The molecule has 1 aliphatic carbocycles. The smallest absolute Gasteiger partial charge is 0.259 e. The first-order valence-electron chi connectivity index (χ1n) is 14.0. The van der Waals surface area contributed by atoms with E-state index in [9.17, 15) is 18.8 Å². The molecule has 0 aromatic heterocycles. The number of amidine groups is 2. The van der Waals surface area contributed by atoms with Gasteiger partial charge in [0, 0.05) is 24.6 Å². The molecule has 2 aliphatic heterocycles. The SMILES string of the molecule is CCC(SC1=Nc2ccccc2C2=NC(CCC(=O)NCc3ccc(F)cc3)C(=O)N12)C(=O)NC1CCCCC1. The number of rotatable bonds is 9. The first-order valence-corrected chi connectivity index (χ1v) is 14.9. The number of fused-ring (bicyclic) bond motifs is 3. The van der Waals surface area contributed by atoms with E-state index in [0.717, 1.165) is 36.8 Å². The number of carbonyl (C=O) groups excluding carboxylic acids is 3. The Balaban J connectivity index is 1.26. The lowest BCUT2D eigenvalue weighted by atomic mass is 9.95. The lowest BCUT2D eigenvalue weighted by Crippen LogP contribution is -2.45. The molecule has 2 N–H and O–H groups in total. The Hall–Kier alpha value is -3.53. The Morgan fingerprint density at radius 2 is 1.85 bits per heavy atom. The third kappa shape index (κ3) is 6.43. The fraction of sp³-hybridized carbons (Fsp3) is 0.433. The van der Waals surface area contributed by atoms with Gasteiger partial charge in [-0.3, -0.25) is 19.4 Å². The number of nitrogens with one attached hydrogen (secondary N) is 2. The maximum absolute atomic E-state index is 13.6. The average molecular weight is 564 g/mol. The molecule has 0 saturated heterocycles. The van der Waals surface area contributed by atoms with Crippen LogP contribution in [-0.4, -0.2) is 51.0 Å². The molecule has 2 aromatic carbocycles. The number of aliphatic imine (C=N–C) groups is 2. The average Bonchev–Trinajstić information content (AvgIpc) is 3.31. The summed E-state index contributed by atoms with van der Waals surface area (Å²) in [7, 11) is 0. The topological polar surface area (TPSA) is 103 Å². The van der Waals surface area contributed by atoms with Gasteiger partial charge in [-0.1, -0.05) is 62.2 Å². The molecule has 40 heavy (non-hydrogen) atoms. The molecule has 2 heterocycles. The molecule has 0 bridgehead atoms. The highest BCUT2D eigenvalue weighted by molar-refractivity contribution is 8.15. The lowest BCUT2D eigenvalue weighted by molar-refractivity contribution is -0.125. The van der Waals surface area contributed by atoms with Gasteiger partial charge >= 0.3 is 0 Å². The van der Waals surface area contributed by atoms with Crippen molar-refractivity contribution in [3.05, 3.63) is 65.5 Å². The van der Waals surface area contributed by atoms with Crippen LogP contribution < -0.4 is 10.6 Å². The Morgan fingerprint density at radius 3 is 2.60 bits per heavy atom. The van der Waals surface area contributed by atoms with Crippen LogP contribution >= 0.6 is 11.8 Å². The van der Waals surface area contributed by atoms with Crippen molar-refractivity contribution in [2.24, 2.45) is 9.98 Å². The number of hydrogen-bond acceptors (Lipinski definition) is 6. The number of hydrogen-bond donors (Lipinski definition) is 2. The summed E-state index contributed by atoms with van der Waals surface area (Å²) in [6.07, 6.45) is 6.43. The van der Waals surface area contributed by atoms with E-state index in [0.29, 0.717) is 23.1 Å². The number of amides is 3. The standard InChI is InChI=1S/C30H34FN5O3S/c1-2-25(28(38)33-21-8-4-3-5-9-21)40-30-35-23-11-7-6-10-22(23)27-34-24(29(39)36(27)30)16-17-26(37)32-18-19-12-14-20(31)15-13-19/h6-7,10-15,21,24-25H,2-5,8-9,16-18H2,1H3,(H,32,37)(H,33,38). The van der Waals surface area contributed by atoms with E-state index in [2.05, 4.69) is 10.6 Å². The van der Waals surface area contributed by atoms with Crippen LogP contribution in [0.3, 0.4) is 0 Å². The molecule has 3 aliphatic rings. The summed E-state index contributed by atoms with van der Waals surface area (Å²) in [5.41, 5.74) is 2.24. The summed E-state index contributed by atoms with van der Waals surface area (Å²) in [4.78, 5) is 50.3.